The van der Waals surface area contributed by atoms with Gasteiger partial charge < -0.3 is 10.1 Å². The normalized spacial score (nSPS) is 19.3. The Bertz CT molecular complexity index is 417. The highest BCUT2D eigenvalue weighted by molar-refractivity contribution is 5.80. The van der Waals surface area contributed by atoms with Gasteiger partial charge in [-0.2, -0.15) is 0 Å². The molecule has 0 bridgehead atoms. The first-order chi connectivity index (χ1) is 8.16. The van der Waals surface area contributed by atoms with Crippen LogP contribution in [0.15, 0.2) is 18.2 Å². The fourth-order valence-electron chi connectivity index (χ4n) is 1.74. The van der Waals surface area contributed by atoms with Gasteiger partial charge in [0.25, 0.3) is 0 Å². The summed E-state index contributed by atoms with van der Waals surface area (Å²) in [7, 11) is 0. The minimum absolute atomic E-state index is 0.176. The van der Waals surface area contributed by atoms with Crippen LogP contribution in [0.25, 0.3) is 0 Å². The van der Waals surface area contributed by atoms with Crippen LogP contribution >= 0.6 is 0 Å². The van der Waals surface area contributed by atoms with Gasteiger partial charge >= 0.3 is 0 Å². The highest BCUT2D eigenvalue weighted by Gasteiger charge is 2.22. The molecule has 1 unspecified atom stereocenters. The number of hydrogen-bond donors (Lipinski definition) is 1. The zero-order chi connectivity index (χ0) is 12.3. The van der Waals surface area contributed by atoms with Crippen molar-refractivity contribution < 1.29 is 18.3 Å². The third kappa shape index (κ3) is 3.00. The first-order valence-corrected chi connectivity index (χ1v) is 5.50. The molecule has 3 nitrogen and oxygen atoms in total. The predicted octanol–water partition coefficient (Wildman–Crippen LogP) is 1.76. The molecule has 1 N–H and O–H groups in total. The molecule has 0 spiro atoms. The second-order valence-electron chi connectivity index (χ2n) is 3.97. The van der Waals surface area contributed by atoms with Gasteiger partial charge in [-0.15, -0.1) is 0 Å². The smallest absolute Gasteiger partial charge is 0.249 e. The van der Waals surface area contributed by atoms with Crippen molar-refractivity contribution in [3.8, 4) is 0 Å². The molecule has 0 aromatic heterocycles. The Labute approximate surface area is 97.8 Å². The van der Waals surface area contributed by atoms with Crippen molar-refractivity contribution in [3.05, 3.63) is 35.4 Å². The van der Waals surface area contributed by atoms with Crippen molar-refractivity contribution in [2.75, 3.05) is 6.61 Å². The number of carbonyl (C=O) groups is 1. The lowest BCUT2D eigenvalue weighted by Crippen LogP contribution is -2.33. The first kappa shape index (κ1) is 12.0. The van der Waals surface area contributed by atoms with Gasteiger partial charge in [0.2, 0.25) is 5.91 Å². The lowest BCUT2D eigenvalue weighted by Gasteiger charge is -2.10. The van der Waals surface area contributed by atoms with Crippen molar-refractivity contribution in [1.29, 1.82) is 0 Å². The number of nitrogens with one attached hydrogen (secondary N) is 1. The topological polar surface area (TPSA) is 38.3 Å². The minimum atomic E-state index is -0.908. The summed E-state index contributed by atoms with van der Waals surface area (Å²) >= 11 is 0. The summed E-state index contributed by atoms with van der Waals surface area (Å²) in [5.41, 5.74) is 0.523. The summed E-state index contributed by atoms with van der Waals surface area (Å²) in [5, 5.41) is 2.63. The van der Waals surface area contributed by atoms with Crippen LogP contribution in [0, 0.1) is 11.6 Å². The van der Waals surface area contributed by atoms with Crippen molar-refractivity contribution in [3.63, 3.8) is 0 Å². The Morgan fingerprint density at radius 3 is 2.88 bits per heavy atom. The number of halogens is 2. The number of ether oxygens (including phenoxy) is 1. The summed E-state index contributed by atoms with van der Waals surface area (Å²) in [6, 6.07) is 3.56. The largest absolute Gasteiger partial charge is 0.368 e. The Balaban J connectivity index is 1.88. The average molecular weight is 241 g/mol. The number of benzene rings is 1. The summed E-state index contributed by atoms with van der Waals surface area (Å²) in [4.78, 5) is 11.6. The van der Waals surface area contributed by atoms with Crippen LogP contribution in [0.5, 0.6) is 0 Å². The zero-order valence-corrected chi connectivity index (χ0v) is 9.21. The van der Waals surface area contributed by atoms with Crippen LogP contribution in [0.3, 0.4) is 0 Å². The predicted molar refractivity (Wildman–Crippen MR) is 57.2 cm³/mol. The molecule has 2 rings (SSSR count). The molecule has 1 aliphatic heterocycles. The highest BCUT2D eigenvalue weighted by atomic mass is 19.2. The van der Waals surface area contributed by atoms with Crippen molar-refractivity contribution in [1.82, 2.24) is 5.32 Å². The maximum atomic E-state index is 12.9. The molecule has 1 heterocycles. The molecule has 1 fully saturated rings. The van der Waals surface area contributed by atoms with E-state index in [2.05, 4.69) is 5.32 Å². The SMILES string of the molecule is O=C(NCc1ccc(F)c(F)c1)C1CCCO1. The van der Waals surface area contributed by atoms with E-state index in [-0.39, 0.29) is 12.5 Å². The van der Waals surface area contributed by atoms with Gasteiger partial charge in [-0.3, -0.25) is 4.79 Å². The Morgan fingerprint density at radius 1 is 1.41 bits per heavy atom. The Hall–Kier alpha value is -1.49. The van der Waals surface area contributed by atoms with E-state index in [1.165, 1.54) is 6.07 Å². The molecule has 1 saturated heterocycles. The number of hydrogen-bond acceptors (Lipinski definition) is 2. The third-order valence-corrected chi connectivity index (χ3v) is 2.67. The molecule has 17 heavy (non-hydrogen) atoms. The first-order valence-electron chi connectivity index (χ1n) is 5.50. The maximum Gasteiger partial charge on any atom is 0.249 e. The quantitative estimate of drug-likeness (QED) is 0.875. The average Bonchev–Trinajstić information content (AvgIpc) is 2.84. The van der Waals surface area contributed by atoms with E-state index < -0.39 is 17.7 Å². The fraction of sp³-hybridized carbons (Fsp3) is 0.417. The van der Waals surface area contributed by atoms with Crippen LogP contribution in [0.2, 0.25) is 0 Å². The molecular weight excluding hydrogens is 228 g/mol. The number of carbonyl (C=O) groups excluding carboxylic acids is 1. The van der Waals surface area contributed by atoms with Gasteiger partial charge in [-0.25, -0.2) is 8.78 Å². The standard InChI is InChI=1S/C12H13F2NO2/c13-9-4-3-8(6-10(9)14)7-15-12(16)11-2-1-5-17-11/h3-4,6,11H,1-2,5,7H2,(H,15,16). The highest BCUT2D eigenvalue weighted by Crippen LogP contribution is 2.12. The number of rotatable bonds is 3. The van der Waals surface area contributed by atoms with E-state index in [9.17, 15) is 13.6 Å². The molecule has 92 valence electrons. The second kappa shape index (κ2) is 5.23. The van der Waals surface area contributed by atoms with E-state index >= 15 is 0 Å². The zero-order valence-electron chi connectivity index (χ0n) is 9.21. The van der Waals surface area contributed by atoms with Crippen LogP contribution in [-0.4, -0.2) is 18.6 Å². The van der Waals surface area contributed by atoms with Gasteiger partial charge in [0.1, 0.15) is 6.10 Å². The monoisotopic (exact) mass is 241 g/mol. The van der Waals surface area contributed by atoms with Gasteiger partial charge in [0, 0.05) is 13.2 Å². The van der Waals surface area contributed by atoms with E-state index in [0.29, 0.717) is 18.6 Å². The lowest BCUT2D eigenvalue weighted by atomic mass is 10.2. The van der Waals surface area contributed by atoms with E-state index in [1.807, 2.05) is 0 Å². The van der Waals surface area contributed by atoms with Crippen LogP contribution in [0.1, 0.15) is 18.4 Å². The lowest BCUT2D eigenvalue weighted by molar-refractivity contribution is -0.130. The van der Waals surface area contributed by atoms with Crippen molar-refractivity contribution in [2.24, 2.45) is 0 Å². The minimum Gasteiger partial charge on any atom is -0.368 e. The van der Waals surface area contributed by atoms with Crippen molar-refractivity contribution >= 4 is 5.91 Å². The molecule has 1 amide bonds. The Morgan fingerprint density at radius 2 is 2.24 bits per heavy atom. The third-order valence-electron chi connectivity index (χ3n) is 2.67. The molecular formula is C12H13F2NO2. The fourth-order valence-corrected chi connectivity index (χ4v) is 1.74. The molecule has 0 saturated carbocycles. The number of amides is 1. The van der Waals surface area contributed by atoms with Crippen LogP contribution in [-0.2, 0) is 16.1 Å². The van der Waals surface area contributed by atoms with Gasteiger partial charge in [-0.05, 0) is 30.5 Å². The van der Waals surface area contributed by atoms with E-state index in [4.69, 9.17) is 4.74 Å². The Kier molecular flexibility index (Phi) is 3.68. The molecule has 1 aromatic rings. The molecule has 5 heteroatoms. The maximum absolute atomic E-state index is 12.9. The summed E-state index contributed by atoms with van der Waals surface area (Å²) in [5.74, 6) is -2.00. The summed E-state index contributed by atoms with van der Waals surface area (Å²) in [6.45, 7) is 0.777. The molecule has 1 atom stereocenters. The molecule has 0 aliphatic carbocycles. The van der Waals surface area contributed by atoms with Gasteiger partial charge in [0.05, 0.1) is 0 Å². The van der Waals surface area contributed by atoms with Crippen LogP contribution in [0.4, 0.5) is 8.78 Å². The summed E-state index contributed by atoms with van der Waals surface area (Å²) < 4.78 is 30.8. The summed E-state index contributed by atoms with van der Waals surface area (Å²) in [6.07, 6.45) is 1.19. The van der Waals surface area contributed by atoms with Gasteiger partial charge in [0.15, 0.2) is 11.6 Å². The second-order valence-corrected chi connectivity index (χ2v) is 3.97. The molecule has 1 aromatic carbocycles. The van der Waals surface area contributed by atoms with E-state index in [1.54, 1.807) is 0 Å². The van der Waals surface area contributed by atoms with Crippen molar-refractivity contribution in [2.45, 2.75) is 25.5 Å². The van der Waals surface area contributed by atoms with Crippen LogP contribution < -0.4 is 5.32 Å². The molecule has 0 radical (unpaired) electrons. The van der Waals surface area contributed by atoms with Gasteiger partial charge in [-0.1, -0.05) is 6.07 Å². The molecule has 1 aliphatic rings. The van der Waals surface area contributed by atoms with E-state index in [0.717, 1.165) is 18.6 Å².